The molecule has 0 aliphatic heterocycles. The van der Waals surface area contributed by atoms with Crippen LogP contribution in [0.15, 0.2) is 11.6 Å². The van der Waals surface area contributed by atoms with E-state index in [1.54, 1.807) is 0 Å². The van der Waals surface area contributed by atoms with Gasteiger partial charge in [-0.05, 0) is 19.6 Å². The number of hydrogen-bond acceptors (Lipinski definition) is 1. The van der Waals surface area contributed by atoms with Gasteiger partial charge in [0.1, 0.15) is 0 Å². The Labute approximate surface area is 83.8 Å². The van der Waals surface area contributed by atoms with Gasteiger partial charge in [0.15, 0.2) is 0 Å². The smallest absolute Gasteiger partial charge is 0.0115 e. The Morgan fingerprint density at radius 3 is 1.75 bits per heavy atom. The topological polar surface area (TPSA) is 0 Å². The lowest BCUT2D eigenvalue weighted by Crippen LogP contribution is -1.73. The molecule has 0 aromatic rings. The third kappa shape index (κ3) is 32.2. The average molecular weight is 190 g/mol. The van der Waals surface area contributed by atoms with Gasteiger partial charge in [0.25, 0.3) is 0 Å². The maximum Gasteiger partial charge on any atom is 0.0115 e. The van der Waals surface area contributed by atoms with E-state index in [4.69, 9.17) is 0 Å². The van der Waals surface area contributed by atoms with E-state index in [1.165, 1.54) is 17.1 Å². The number of allylic oxidation sites excluding steroid dienone is 1. The first-order chi connectivity index (χ1) is 5.77. The zero-order chi connectivity index (χ0) is 10.4. The second-order valence-corrected chi connectivity index (χ2v) is 3.26. The molecule has 0 fully saturated rings. The molecule has 0 spiro atoms. The summed E-state index contributed by atoms with van der Waals surface area (Å²) in [6.07, 6.45) is 2.26. The van der Waals surface area contributed by atoms with Crippen molar-refractivity contribution in [2.45, 2.75) is 48.5 Å². The van der Waals surface area contributed by atoms with Gasteiger partial charge in [0.2, 0.25) is 0 Å². The zero-order valence-electron chi connectivity index (χ0n) is 9.90. The zero-order valence-corrected chi connectivity index (χ0v) is 10.7. The molecule has 0 radical (unpaired) electrons. The summed E-state index contributed by atoms with van der Waals surface area (Å²) in [5.74, 6) is 2.41. The van der Waals surface area contributed by atoms with Crippen molar-refractivity contribution in [3.05, 3.63) is 11.6 Å². The van der Waals surface area contributed by atoms with Crippen LogP contribution in [-0.4, -0.2) is 11.5 Å². The maximum absolute atomic E-state index is 2.26. The largest absolute Gasteiger partial charge is 0.158 e. The van der Waals surface area contributed by atoms with E-state index in [1.807, 2.05) is 39.5 Å². The minimum Gasteiger partial charge on any atom is -0.158 e. The van der Waals surface area contributed by atoms with E-state index in [9.17, 15) is 0 Å². The van der Waals surface area contributed by atoms with Crippen LogP contribution >= 0.6 is 11.8 Å². The van der Waals surface area contributed by atoms with Crippen LogP contribution in [0.4, 0.5) is 0 Å². The van der Waals surface area contributed by atoms with E-state index in [-0.39, 0.29) is 0 Å². The number of thioether (sulfide) groups is 1. The van der Waals surface area contributed by atoms with Crippen molar-refractivity contribution in [1.29, 1.82) is 0 Å². The molecule has 0 aromatic heterocycles. The minimum atomic E-state index is 1.18. The quantitative estimate of drug-likeness (QED) is 0.457. The summed E-state index contributed by atoms with van der Waals surface area (Å²) >= 11 is 1.96. The van der Waals surface area contributed by atoms with Gasteiger partial charge in [-0.15, -0.1) is 0 Å². The van der Waals surface area contributed by atoms with Crippen molar-refractivity contribution in [3.8, 4) is 0 Å². The van der Waals surface area contributed by atoms with Crippen LogP contribution in [-0.2, 0) is 0 Å². The standard InChI is InChI=1S/C7H14S.2C2H6/c1-4-8-6-5-7(2)3;2*1-2/h5H,4,6H2,1-3H3;2*1-2H3. The molecular formula is C11H26S. The maximum atomic E-state index is 2.26. The molecule has 0 bridgehead atoms. The Kier molecular flexibility index (Phi) is 33.7. The highest BCUT2D eigenvalue weighted by molar-refractivity contribution is 7.99. The van der Waals surface area contributed by atoms with E-state index in [0.29, 0.717) is 0 Å². The fourth-order valence-electron chi connectivity index (χ4n) is 0.343. The molecule has 0 saturated heterocycles. The number of hydrogen-bond donors (Lipinski definition) is 0. The molecule has 0 nitrogen and oxygen atoms in total. The highest BCUT2D eigenvalue weighted by Gasteiger charge is 1.77. The first-order valence-electron chi connectivity index (χ1n) is 4.98. The van der Waals surface area contributed by atoms with Gasteiger partial charge < -0.3 is 0 Å². The molecule has 0 amide bonds. The summed E-state index contributed by atoms with van der Waals surface area (Å²) in [5.41, 5.74) is 1.42. The second kappa shape index (κ2) is 22.5. The van der Waals surface area contributed by atoms with E-state index in [0.717, 1.165) is 0 Å². The second-order valence-electron chi connectivity index (χ2n) is 1.94. The molecule has 0 aromatic carbocycles. The first kappa shape index (κ1) is 18.0. The van der Waals surface area contributed by atoms with Gasteiger partial charge in [0, 0.05) is 5.75 Å². The fraction of sp³-hybridized carbons (Fsp3) is 0.818. The van der Waals surface area contributed by atoms with E-state index >= 15 is 0 Å². The predicted molar refractivity (Wildman–Crippen MR) is 65.1 cm³/mol. The Bertz CT molecular complexity index is 71.1. The lowest BCUT2D eigenvalue weighted by molar-refractivity contribution is 1.37. The van der Waals surface area contributed by atoms with Crippen LogP contribution in [0.1, 0.15) is 48.5 Å². The molecule has 0 aliphatic carbocycles. The molecule has 76 valence electrons. The summed E-state index contributed by atoms with van der Waals surface area (Å²) in [6, 6.07) is 0. The summed E-state index contributed by atoms with van der Waals surface area (Å²) in [7, 11) is 0. The van der Waals surface area contributed by atoms with E-state index < -0.39 is 0 Å². The van der Waals surface area contributed by atoms with Gasteiger partial charge in [-0.25, -0.2) is 0 Å². The van der Waals surface area contributed by atoms with Crippen LogP contribution in [0.2, 0.25) is 0 Å². The summed E-state index contributed by atoms with van der Waals surface area (Å²) in [5, 5.41) is 0. The van der Waals surface area contributed by atoms with Crippen molar-refractivity contribution >= 4 is 11.8 Å². The normalized spacial score (nSPS) is 6.92. The van der Waals surface area contributed by atoms with Crippen molar-refractivity contribution < 1.29 is 0 Å². The lowest BCUT2D eigenvalue weighted by atomic mass is 10.3. The first-order valence-corrected chi connectivity index (χ1v) is 6.14. The highest BCUT2D eigenvalue weighted by Crippen LogP contribution is 2.00. The molecule has 0 unspecified atom stereocenters. The van der Waals surface area contributed by atoms with Crippen LogP contribution < -0.4 is 0 Å². The highest BCUT2D eigenvalue weighted by atomic mass is 32.2. The van der Waals surface area contributed by atoms with Crippen molar-refractivity contribution in [2.75, 3.05) is 11.5 Å². The molecule has 0 atom stereocenters. The molecular weight excluding hydrogens is 164 g/mol. The minimum absolute atomic E-state index is 1.18. The molecule has 0 saturated carbocycles. The average Bonchev–Trinajstić information content (AvgIpc) is 2.12. The molecule has 12 heavy (non-hydrogen) atoms. The van der Waals surface area contributed by atoms with Crippen molar-refractivity contribution in [3.63, 3.8) is 0 Å². The van der Waals surface area contributed by atoms with Crippen LogP contribution in [0, 0.1) is 0 Å². The molecule has 0 aliphatic rings. The van der Waals surface area contributed by atoms with Crippen LogP contribution in [0.3, 0.4) is 0 Å². The molecule has 0 heterocycles. The monoisotopic (exact) mass is 190 g/mol. The summed E-state index contributed by atoms with van der Waals surface area (Å²) in [4.78, 5) is 0. The van der Waals surface area contributed by atoms with Gasteiger partial charge in [-0.1, -0.05) is 46.3 Å². The Balaban J connectivity index is -0.000000175. The third-order valence-corrected chi connectivity index (χ3v) is 1.62. The SMILES string of the molecule is CC.CC.CCSCC=C(C)C. The molecule has 0 N–H and O–H groups in total. The van der Waals surface area contributed by atoms with Crippen LogP contribution in [0.25, 0.3) is 0 Å². The molecule has 0 rings (SSSR count). The van der Waals surface area contributed by atoms with Crippen molar-refractivity contribution in [2.24, 2.45) is 0 Å². The fourth-order valence-corrected chi connectivity index (χ4v) is 1.03. The van der Waals surface area contributed by atoms with Gasteiger partial charge in [0.05, 0.1) is 0 Å². The van der Waals surface area contributed by atoms with Gasteiger partial charge >= 0.3 is 0 Å². The van der Waals surface area contributed by atoms with E-state index in [2.05, 4.69) is 26.8 Å². The molecule has 1 heteroatoms. The lowest BCUT2D eigenvalue weighted by Gasteiger charge is -1.89. The van der Waals surface area contributed by atoms with Gasteiger partial charge in [-0.3, -0.25) is 0 Å². The Hall–Kier alpha value is 0.0900. The Morgan fingerprint density at radius 1 is 1.08 bits per heavy atom. The third-order valence-electron chi connectivity index (χ3n) is 0.814. The van der Waals surface area contributed by atoms with Gasteiger partial charge in [-0.2, -0.15) is 11.8 Å². The predicted octanol–water partition coefficient (Wildman–Crippen LogP) is 4.76. The van der Waals surface area contributed by atoms with Crippen LogP contribution in [0.5, 0.6) is 0 Å². The number of rotatable bonds is 3. The Morgan fingerprint density at radius 2 is 1.50 bits per heavy atom. The summed E-state index contributed by atoms with van der Waals surface area (Å²) in [6.45, 7) is 14.5. The summed E-state index contributed by atoms with van der Waals surface area (Å²) < 4.78 is 0. The van der Waals surface area contributed by atoms with Crippen molar-refractivity contribution in [1.82, 2.24) is 0 Å².